The Balaban J connectivity index is 1.65. The summed E-state index contributed by atoms with van der Waals surface area (Å²) in [7, 11) is 0.879. The summed E-state index contributed by atoms with van der Waals surface area (Å²) in [5.41, 5.74) is 1.39. The van der Waals surface area contributed by atoms with Crippen LogP contribution in [0.1, 0.15) is 62.4 Å². The Hall–Kier alpha value is -5.35. The molecule has 0 unspecified atom stereocenters. The van der Waals surface area contributed by atoms with Crippen molar-refractivity contribution in [2.45, 2.75) is 83.3 Å². The second-order valence-corrected chi connectivity index (χ2v) is 19.4. The van der Waals surface area contributed by atoms with Gasteiger partial charge in [-0.1, -0.05) is 58.2 Å². The first kappa shape index (κ1) is 45.0. The number of esters is 2. The fourth-order valence-electron chi connectivity index (χ4n) is 5.39. The maximum absolute atomic E-state index is 14.1. The first-order valence-corrected chi connectivity index (χ1v) is 21.3. The molecule has 3 N–H and O–H groups in total. The molecule has 1 saturated heterocycles. The Morgan fingerprint density at radius 3 is 2.20 bits per heavy atom. The van der Waals surface area contributed by atoms with Crippen LogP contribution < -0.4 is 25.4 Å². The van der Waals surface area contributed by atoms with Gasteiger partial charge in [0.1, 0.15) is 25.9 Å². The van der Waals surface area contributed by atoms with Crippen LogP contribution in [-0.2, 0) is 34.8 Å². The highest BCUT2D eigenvalue weighted by Crippen LogP contribution is 2.38. The summed E-state index contributed by atoms with van der Waals surface area (Å²) in [6, 6.07) is 7.56. The van der Waals surface area contributed by atoms with E-state index in [0.717, 1.165) is 12.8 Å². The number of likely N-dealkylation sites (tertiary alicyclic amines) is 1. The van der Waals surface area contributed by atoms with Gasteiger partial charge in [0.2, 0.25) is 0 Å². The third-order valence-electron chi connectivity index (χ3n) is 9.59. The molecule has 1 fully saturated rings. The Morgan fingerprint density at radius 2 is 1.57 bits per heavy atom. The van der Waals surface area contributed by atoms with Gasteiger partial charge in [-0.25, -0.2) is 14.4 Å². The molecule has 4 amide bonds. The molecule has 1 aliphatic heterocycles. The molecule has 15 nitrogen and oxygen atoms in total. The summed E-state index contributed by atoms with van der Waals surface area (Å²) in [6.07, 6.45) is 3.43. The number of hydrogen-bond acceptors (Lipinski definition) is 11. The third kappa shape index (κ3) is 13.1. The van der Waals surface area contributed by atoms with Crippen LogP contribution in [-0.4, -0.2) is 95.9 Å². The largest absolute Gasteiger partial charge is 0.493 e. The Kier molecular flexibility index (Phi) is 17.0. The average Bonchev–Trinajstić information content (AvgIpc) is 3.64. The van der Waals surface area contributed by atoms with Crippen molar-refractivity contribution in [3.05, 3.63) is 72.8 Å². The fraction of sp³-hybridized carbons (Fsp3) is 0.475. The zero-order chi connectivity index (χ0) is 41.5. The van der Waals surface area contributed by atoms with Crippen molar-refractivity contribution < 1.29 is 52.1 Å². The zero-order valence-corrected chi connectivity index (χ0v) is 34.5. The highest BCUT2D eigenvalue weighted by Gasteiger charge is 2.39. The second kappa shape index (κ2) is 21.1. The molecular formula is C40H56N4O11Si. The summed E-state index contributed by atoms with van der Waals surface area (Å²) < 4.78 is 32.9. The molecule has 0 aliphatic carbocycles. The molecule has 0 bridgehead atoms. The molecule has 0 spiro atoms. The van der Waals surface area contributed by atoms with E-state index in [4.69, 9.17) is 28.1 Å². The van der Waals surface area contributed by atoms with Gasteiger partial charge in [0.15, 0.2) is 19.8 Å². The Morgan fingerprint density at radius 1 is 0.929 bits per heavy atom. The molecular weight excluding hydrogens is 741 g/mol. The molecule has 1 heterocycles. The van der Waals surface area contributed by atoms with E-state index in [-0.39, 0.29) is 60.9 Å². The predicted octanol–water partition coefficient (Wildman–Crippen LogP) is 6.81. The zero-order valence-electron chi connectivity index (χ0n) is 33.5. The summed E-state index contributed by atoms with van der Waals surface area (Å²) >= 11 is 0. The van der Waals surface area contributed by atoms with Crippen LogP contribution in [0, 0.1) is 0 Å². The van der Waals surface area contributed by atoms with Gasteiger partial charge >= 0.3 is 24.1 Å². The molecule has 0 saturated carbocycles. The predicted molar refractivity (Wildman–Crippen MR) is 214 cm³/mol. The van der Waals surface area contributed by atoms with Crippen molar-refractivity contribution in [1.29, 1.82) is 0 Å². The van der Waals surface area contributed by atoms with E-state index in [2.05, 4.69) is 63.0 Å². The highest BCUT2D eigenvalue weighted by atomic mass is 28.4. The number of urea groups is 1. The number of nitrogens with one attached hydrogen (secondary N) is 3. The van der Waals surface area contributed by atoms with Crippen LogP contribution in [0.25, 0.3) is 0 Å². The monoisotopic (exact) mass is 796 g/mol. The summed E-state index contributed by atoms with van der Waals surface area (Å²) in [4.78, 5) is 66.2. The lowest BCUT2D eigenvalue weighted by Gasteiger charge is -2.38. The first-order chi connectivity index (χ1) is 26.5. The van der Waals surface area contributed by atoms with Crippen LogP contribution in [0.15, 0.2) is 61.7 Å². The number of ether oxygens (including phenoxy) is 5. The second-order valence-electron chi connectivity index (χ2n) is 14.6. The van der Waals surface area contributed by atoms with Gasteiger partial charge in [0.05, 0.1) is 38.1 Å². The van der Waals surface area contributed by atoms with Crippen molar-refractivity contribution in [2.24, 2.45) is 0 Å². The minimum Gasteiger partial charge on any atom is -0.493 e. The van der Waals surface area contributed by atoms with Crippen molar-refractivity contribution in [3.8, 4) is 11.5 Å². The van der Waals surface area contributed by atoms with Gasteiger partial charge in [-0.15, -0.1) is 0 Å². The SMILES string of the molecule is C=CCOC(=O)CC[C@H](NC(=O)Nc1ccc(COC(=O)Nc2cc(OC)c(OC)cc2C(=O)N2CCC[C@H]2CO[Si](C)(C)C(C)(C)C)cc1)C(=O)OCC=C. The van der Waals surface area contributed by atoms with Gasteiger partial charge in [0, 0.05) is 24.7 Å². The summed E-state index contributed by atoms with van der Waals surface area (Å²) in [5.74, 6) is -0.926. The van der Waals surface area contributed by atoms with Crippen LogP contribution in [0.3, 0.4) is 0 Å². The minimum atomic E-state index is -2.05. The van der Waals surface area contributed by atoms with Gasteiger partial charge in [0.25, 0.3) is 5.91 Å². The number of amides is 4. The minimum absolute atomic E-state index is 0.0244. The molecule has 2 aromatic rings. The molecule has 2 atom stereocenters. The smallest absolute Gasteiger partial charge is 0.411 e. The Labute approximate surface area is 330 Å². The number of anilines is 2. The number of rotatable bonds is 19. The van der Waals surface area contributed by atoms with Crippen molar-refractivity contribution >= 4 is 49.7 Å². The lowest BCUT2D eigenvalue weighted by Crippen LogP contribution is -2.46. The molecule has 1 aliphatic rings. The Bertz CT molecular complexity index is 1710. The summed E-state index contributed by atoms with van der Waals surface area (Å²) in [6.45, 7) is 18.7. The number of carbonyl (C=O) groups excluding carboxylic acids is 5. The quantitative estimate of drug-likeness (QED) is 0.0589. The van der Waals surface area contributed by atoms with E-state index >= 15 is 0 Å². The number of methoxy groups -OCH3 is 2. The van der Waals surface area contributed by atoms with Gasteiger partial charge < -0.3 is 43.6 Å². The molecule has 0 aromatic heterocycles. The third-order valence-corrected chi connectivity index (χ3v) is 14.1. The van der Waals surface area contributed by atoms with Gasteiger partial charge in [-0.05, 0) is 61.2 Å². The van der Waals surface area contributed by atoms with Crippen LogP contribution in [0.4, 0.5) is 21.0 Å². The van der Waals surface area contributed by atoms with E-state index in [9.17, 15) is 24.0 Å². The molecule has 2 aromatic carbocycles. The maximum Gasteiger partial charge on any atom is 0.411 e. The lowest BCUT2D eigenvalue weighted by atomic mass is 10.1. The summed E-state index contributed by atoms with van der Waals surface area (Å²) in [5, 5.41) is 7.86. The van der Waals surface area contributed by atoms with Crippen LogP contribution in [0.5, 0.6) is 11.5 Å². The fourth-order valence-corrected chi connectivity index (χ4v) is 6.43. The van der Waals surface area contributed by atoms with Crippen molar-refractivity contribution in [3.63, 3.8) is 0 Å². The first-order valence-electron chi connectivity index (χ1n) is 18.4. The highest BCUT2D eigenvalue weighted by molar-refractivity contribution is 6.74. The van der Waals surface area contributed by atoms with Crippen LogP contribution in [0.2, 0.25) is 18.1 Å². The average molecular weight is 797 g/mol. The standard InChI is InChI=1S/C40H56N4O11Si/c1-10-21-52-35(45)19-18-31(37(47)53-22-11-2)42-38(48)41-28-16-14-27(15-17-28)25-54-39(49)43-32-24-34(51-7)33(50-6)23-30(32)36(46)44-20-12-13-29(44)26-55-56(8,9)40(3,4)5/h10-11,14-17,23-24,29,31H,1-2,12-13,18-22,25-26H2,3-9H3,(H,43,49)(H2,41,42,48)/t29-,31-/m0/s1. The number of hydrogen-bond donors (Lipinski definition) is 3. The number of benzene rings is 2. The van der Waals surface area contributed by atoms with E-state index in [0.29, 0.717) is 35.9 Å². The van der Waals surface area contributed by atoms with Crippen molar-refractivity contribution in [2.75, 3.05) is 51.2 Å². The molecule has 3 rings (SSSR count). The molecule has 0 radical (unpaired) electrons. The number of nitrogens with zero attached hydrogens (tertiary/aromatic N) is 1. The topological polar surface area (TPSA) is 180 Å². The van der Waals surface area contributed by atoms with E-state index in [1.54, 1.807) is 35.2 Å². The van der Waals surface area contributed by atoms with E-state index < -0.39 is 38.4 Å². The molecule has 56 heavy (non-hydrogen) atoms. The normalized spacial score (nSPS) is 14.5. The van der Waals surface area contributed by atoms with Gasteiger partial charge in [-0.2, -0.15) is 0 Å². The van der Waals surface area contributed by atoms with Crippen LogP contribution >= 0.6 is 0 Å². The van der Waals surface area contributed by atoms with E-state index in [1.165, 1.54) is 32.4 Å². The van der Waals surface area contributed by atoms with Gasteiger partial charge in [-0.3, -0.25) is 14.9 Å². The van der Waals surface area contributed by atoms with Crippen molar-refractivity contribution in [1.82, 2.24) is 10.2 Å². The molecule has 16 heteroatoms. The molecule has 306 valence electrons. The lowest BCUT2D eigenvalue weighted by molar-refractivity contribution is -0.146. The number of carbonyl (C=O) groups is 5. The van der Waals surface area contributed by atoms with E-state index in [1.807, 2.05) is 0 Å². The maximum atomic E-state index is 14.1.